The van der Waals surface area contributed by atoms with Crippen LogP contribution in [0.5, 0.6) is 0 Å². The number of nitrogens with zero attached hydrogens (tertiary/aromatic N) is 3. The zero-order valence-electron chi connectivity index (χ0n) is 17.3. The first kappa shape index (κ1) is 21.4. The maximum Gasteiger partial charge on any atom is 0.266 e. The third kappa shape index (κ3) is 3.71. The molecule has 1 aliphatic heterocycles. The Hall–Kier alpha value is -3.48. The maximum atomic E-state index is 13.4. The molecule has 0 unspecified atom stereocenters. The van der Waals surface area contributed by atoms with Crippen molar-refractivity contribution in [3.05, 3.63) is 104 Å². The molecule has 0 bridgehead atoms. The first-order valence-electron chi connectivity index (χ1n) is 10.4. The third-order valence-electron chi connectivity index (χ3n) is 5.65. The molecule has 0 atom stereocenters. The van der Waals surface area contributed by atoms with Crippen LogP contribution < -0.4 is 5.56 Å². The van der Waals surface area contributed by atoms with Crippen molar-refractivity contribution in [3.63, 3.8) is 0 Å². The Morgan fingerprint density at radius 3 is 2.21 bits per heavy atom. The molecule has 0 aliphatic carbocycles. The molecular weight excluding hydrogens is 461 g/mol. The summed E-state index contributed by atoms with van der Waals surface area (Å²) < 4.78 is 1.46. The molecule has 4 aromatic rings. The molecule has 3 aromatic carbocycles. The van der Waals surface area contributed by atoms with E-state index in [-0.39, 0.29) is 23.9 Å². The van der Waals surface area contributed by atoms with E-state index in [1.165, 1.54) is 9.47 Å². The molecular formula is C25H17Cl2N3O3. The van der Waals surface area contributed by atoms with Crippen molar-refractivity contribution in [1.29, 1.82) is 0 Å². The average Bonchev–Trinajstić information content (AvgIpc) is 3.06. The van der Waals surface area contributed by atoms with Crippen molar-refractivity contribution < 1.29 is 9.59 Å². The van der Waals surface area contributed by atoms with Crippen LogP contribution in [0.15, 0.2) is 71.5 Å². The fourth-order valence-corrected chi connectivity index (χ4v) is 4.46. The second-order valence-corrected chi connectivity index (χ2v) is 8.54. The van der Waals surface area contributed by atoms with E-state index in [4.69, 9.17) is 28.2 Å². The first-order valence-corrected chi connectivity index (χ1v) is 11.1. The average molecular weight is 478 g/mol. The fraction of sp³-hybridized carbons (Fsp3) is 0.120. The number of aryl methyl sites for hydroxylation is 1. The van der Waals surface area contributed by atoms with Gasteiger partial charge in [-0.1, -0.05) is 47.5 Å². The Morgan fingerprint density at radius 2 is 1.48 bits per heavy atom. The van der Waals surface area contributed by atoms with Gasteiger partial charge < -0.3 is 0 Å². The van der Waals surface area contributed by atoms with Gasteiger partial charge in [0.2, 0.25) is 0 Å². The van der Waals surface area contributed by atoms with E-state index in [1.54, 1.807) is 60.7 Å². The van der Waals surface area contributed by atoms with Crippen LogP contribution in [0, 0.1) is 0 Å². The lowest BCUT2D eigenvalue weighted by Gasteiger charge is -2.17. The number of aromatic nitrogens is 2. The van der Waals surface area contributed by atoms with Gasteiger partial charge in [0.05, 0.1) is 32.7 Å². The normalized spacial score (nSPS) is 13.1. The van der Waals surface area contributed by atoms with Gasteiger partial charge in [-0.2, -0.15) is 0 Å². The van der Waals surface area contributed by atoms with Crippen molar-refractivity contribution in [2.75, 3.05) is 6.54 Å². The van der Waals surface area contributed by atoms with E-state index in [9.17, 15) is 14.4 Å². The minimum absolute atomic E-state index is 0.207. The van der Waals surface area contributed by atoms with Crippen molar-refractivity contribution in [2.45, 2.75) is 12.8 Å². The molecule has 6 nitrogen and oxygen atoms in total. The monoisotopic (exact) mass is 477 g/mol. The summed E-state index contributed by atoms with van der Waals surface area (Å²) in [6.45, 7) is 0.207. The van der Waals surface area contributed by atoms with Gasteiger partial charge in [0.25, 0.3) is 17.4 Å². The molecule has 8 heteroatoms. The molecule has 0 fully saturated rings. The molecule has 0 radical (unpaired) electrons. The minimum Gasteiger partial charge on any atom is -0.274 e. The molecule has 33 heavy (non-hydrogen) atoms. The van der Waals surface area contributed by atoms with E-state index >= 15 is 0 Å². The highest BCUT2D eigenvalue weighted by Gasteiger charge is 2.34. The van der Waals surface area contributed by atoms with E-state index in [1.807, 2.05) is 6.07 Å². The summed E-state index contributed by atoms with van der Waals surface area (Å²) in [5.41, 5.74) is 1.55. The van der Waals surface area contributed by atoms with Crippen molar-refractivity contribution in [1.82, 2.24) is 14.5 Å². The lowest BCUT2D eigenvalue weighted by atomic mass is 10.1. The van der Waals surface area contributed by atoms with Crippen molar-refractivity contribution >= 4 is 45.9 Å². The summed E-state index contributed by atoms with van der Waals surface area (Å²) in [6, 6.07) is 18.7. The number of para-hydroxylation sites is 1. The van der Waals surface area contributed by atoms with Gasteiger partial charge in [-0.3, -0.25) is 23.9 Å². The smallest absolute Gasteiger partial charge is 0.266 e. The van der Waals surface area contributed by atoms with Crippen LogP contribution >= 0.6 is 23.2 Å². The topological polar surface area (TPSA) is 72.3 Å². The van der Waals surface area contributed by atoms with Crippen LogP contribution in [0.1, 0.15) is 33.0 Å². The van der Waals surface area contributed by atoms with Gasteiger partial charge in [0.15, 0.2) is 0 Å². The second kappa shape index (κ2) is 8.46. The number of carbonyl (C=O) groups excluding carboxylic acids is 2. The molecule has 0 N–H and O–H groups in total. The lowest BCUT2D eigenvalue weighted by Crippen LogP contribution is -2.31. The number of benzene rings is 3. The molecule has 1 aromatic heterocycles. The largest absolute Gasteiger partial charge is 0.274 e. The molecule has 0 saturated carbocycles. The number of halogens is 2. The van der Waals surface area contributed by atoms with Gasteiger partial charge in [0, 0.05) is 18.0 Å². The Balaban J connectivity index is 1.50. The maximum absolute atomic E-state index is 13.4. The number of hydrogen-bond acceptors (Lipinski definition) is 4. The zero-order chi connectivity index (χ0) is 23.1. The van der Waals surface area contributed by atoms with Crippen molar-refractivity contribution in [3.8, 4) is 5.69 Å². The Morgan fingerprint density at radius 1 is 0.818 bits per heavy atom. The fourth-order valence-electron chi connectivity index (χ4n) is 4.09. The Bertz CT molecular complexity index is 1460. The highest BCUT2D eigenvalue weighted by Crippen LogP contribution is 2.26. The summed E-state index contributed by atoms with van der Waals surface area (Å²) in [4.78, 5) is 44.6. The summed E-state index contributed by atoms with van der Waals surface area (Å²) >= 11 is 12.6. The first-order chi connectivity index (χ1) is 16.0. The quantitative estimate of drug-likeness (QED) is 0.382. The van der Waals surface area contributed by atoms with E-state index in [0.717, 1.165) is 0 Å². The minimum atomic E-state index is -0.308. The van der Waals surface area contributed by atoms with Gasteiger partial charge >= 0.3 is 0 Å². The number of carbonyl (C=O) groups is 2. The molecule has 5 rings (SSSR count). The molecule has 1 aliphatic rings. The number of amides is 2. The van der Waals surface area contributed by atoms with Crippen LogP contribution in [0.4, 0.5) is 0 Å². The summed E-state index contributed by atoms with van der Waals surface area (Å²) in [7, 11) is 0. The summed E-state index contributed by atoms with van der Waals surface area (Å²) in [6.07, 6.45) is 0.769. The third-order valence-corrected chi connectivity index (χ3v) is 6.21. The standard InChI is InChI=1S/C25H17Cl2N3O3/c26-15-11-12-19(27)21(14-15)30-22(28-20-9-4-3-8-18(20)25(30)33)10-5-13-29-23(31)16-6-1-2-7-17(16)24(29)32/h1-4,6-9,11-12,14H,5,10,13H2. The number of rotatable bonds is 5. The van der Waals surface area contributed by atoms with Crippen LogP contribution in [0.2, 0.25) is 10.0 Å². The summed E-state index contributed by atoms with van der Waals surface area (Å²) in [5.74, 6) is -0.144. The van der Waals surface area contributed by atoms with Crippen molar-refractivity contribution in [2.24, 2.45) is 0 Å². The predicted molar refractivity (Wildman–Crippen MR) is 127 cm³/mol. The number of imide groups is 1. The molecule has 0 saturated heterocycles. The van der Waals surface area contributed by atoms with E-state index in [2.05, 4.69) is 0 Å². The molecule has 2 amide bonds. The Labute approximate surface area is 199 Å². The SMILES string of the molecule is O=C1c2ccccc2C(=O)N1CCCc1nc2ccccc2c(=O)n1-c1cc(Cl)ccc1Cl. The Kier molecular flexibility index (Phi) is 5.48. The van der Waals surface area contributed by atoms with Crippen LogP contribution in [-0.4, -0.2) is 32.8 Å². The van der Waals surface area contributed by atoms with Gasteiger partial charge in [-0.25, -0.2) is 4.98 Å². The van der Waals surface area contributed by atoms with Crippen LogP contribution in [-0.2, 0) is 6.42 Å². The van der Waals surface area contributed by atoms with Crippen LogP contribution in [0.3, 0.4) is 0 Å². The van der Waals surface area contributed by atoms with Gasteiger partial charge in [-0.05, 0) is 48.9 Å². The zero-order valence-corrected chi connectivity index (χ0v) is 18.8. The lowest BCUT2D eigenvalue weighted by molar-refractivity contribution is 0.0652. The van der Waals surface area contributed by atoms with Gasteiger partial charge in [0.1, 0.15) is 5.82 Å². The second-order valence-electron chi connectivity index (χ2n) is 7.69. The highest BCUT2D eigenvalue weighted by atomic mass is 35.5. The van der Waals surface area contributed by atoms with Crippen LogP contribution in [0.25, 0.3) is 16.6 Å². The molecule has 0 spiro atoms. The number of hydrogen-bond donors (Lipinski definition) is 0. The highest BCUT2D eigenvalue weighted by molar-refractivity contribution is 6.34. The summed E-state index contributed by atoms with van der Waals surface area (Å²) in [5, 5.41) is 1.25. The van der Waals surface area contributed by atoms with Gasteiger partial charge in [-0.15, -0.1) is 0 Å². The van der Waals surface area contributed by atoms with E-state index < -0.39 is 0 Å². The molecule has 164 valence electrons. The predicted octanol–water partition coefficient (Wildman–Crippen LogP) is 4.92. The van der Waals surface area contributed by atoms with E-state index in [0.29, 0.717) is 56.4 Å². The molecule has 2 heterocycles. The number of fused-ring (bicyclic) bond motifs is 2.